The predicted octanol–water partition coefficient (Wildman–Crippen LogP) is 5.46. The lowest BCUT2D eigenvalue weighted by Crippen LogP contribution is -2.40. The largest absolute Gasteiger partial charge is 0.444 e. The zero-order chi connectivity index (χ0) is 18.7. The molecule has 0 spiro atoms. The van der Waals surface area contributed by atoms with E-state index in [1.165, 1.54) is 6.92 Å². The molecule has 0 radical (unpaired) electrons. The molecular weight excluding hydrogens is 476 g/mol. The number of hydrogen-bond donors (Lipinski definition) is 0. The number of alkyl halides is 6. The molecule has 2 amide bonds. The number of nitrogens with zero attached hydrogens (tertiary/aromatic N) is 2. The molecule has 0 N–H and O–H groups in total. The SMILES string of the molecule is Cc1noc(N(C(=O)OCC(Cl)(Cl)Cl)C(=O)OCC(Cl)(Cl)Cl)c1Cl. The van der Waals surface area contributed by atoms with Gasteiger partial charge in [0.2, 0.25) is 7.59 Å². The third-order valence-electron chi connectivity index (χ3n) is 2.06. The second-order valence-corrected chi connectivity index (χ2v) is 9.47. The molecule has 0 aliphatic rings. The van der Waals surface area contributed by atoms with E-state index in [0.717, 1.165) is 0 Å². The first-order valence-corrected chi connectivity index (χ1v) is 8.35. The number of ether oxygens (including phenoxy) is 2. The predicted molar refractivity (Wildman–Crippen MR) is 92.0 cm³/mol. The average molecular weight is 483 g/mol. The summed E-state index contributed by atoms with van der Waals surface area (Å²) in [6.07, 6.45) is -2.62. The van der Waals surface area contributed by atoms with Gasteiger partial charge in [-0.1, -0.05) is 86.4 Å². The van der Waals surface area contributed by atoms with Gasteiger partial charge >= 0.3 is 12.2 Å². The molecule has 0 fully saturated rings. The summed E-state index contributed by atoms with van der Waals surface area (Å²) in [6, 6.07) is 0. The number of carbonyl (C=O) groups excluding carboxylic acids is 2. The van der Waals surface area contributed by atoms with Crippen LogP contribution in [0.4, 0.5) is 15.5 Å². The van der Waals surface area contributed by atoms with Crippen LogP contribution >= 0.6 is 81.2 Å². The van der Waals surface area contributed by atoms with Crippen molar-refractivity contribution in [2.45, 2.75) is 14.5 Å². The molecule has 0 aliphatic carbocycles. The van der Waals surface area contributed by atoms with Crippen molar-refractivity contribution in [3.8, 4) is 0 Å². The maximum absolute atomic E-state index is 12.1. The van der Waals surface area contributed by atoms with Crippen LogP contribution in [-0.4, -0.2) is 38.1 Å². The summed E-state index contributed by atoms with van der Waals surface area (Å²) in [4.78, 5) is 24.5. The summed E-state index contributed by atoms with van der Waals surface area (Å²) in [6.45, 7) is 0.123. The normalized spacial score (nSPS) is 12.0. The molecule has 14 heteroatoms. The first-order valence-electron chi connectivity index (χ1n) is 5.70. The Morgan fingerprint density at radius 1 is 1.04 bits per heavy atom. The van der Waals surface area contributed by atoms with E-state index < -0.39 is 38.9 Å². The van der Waals surface area contributed by atoms with Crippen molar-refractivity contribution in [2.75, 3.05) is 18.1 Å². The molecule has 136 valence electrons. The van der Waals surface area contributed by atoms with E-state index in [-0.39, 0.29) is 15.6 Å². The molecule has 0 unspecified atom stereocenters. The fourth-order valence-electron chi connectivity index (χ4n) is 1.14. The van der Waals surface area contributed by atoms with Crippen LogP contribution in [0.25, 0.3) is 0 Å². The van der Waals surface area contributed by atoms with Crippen LogP contribution in [0, 0.1) is 6.92 Å². The average Bonchev–Trinajstić information content (AvgIpc) is 2.74. The number of carbonyl (C=O) groups is 2. The van der Waals surface area contributed by atoms with E-state index in [9.17, 15) is 9.59 Å². The zero-order valence-electron chi connectivity index (χ0n) is 11.5. The molecule has 1 aromatic rings. The maximum Gasteiger partial charge on any atom is 0.426 e. The van der Waals surface area contributed by atoms with Crippen molar-refractivity contribution in [1.82, 2.24) is 5.16 Å². The van der Waals surface area contributed by atoms with Crippen LogP contribution < -0.4 is 4.90 Å². The van der Waals surface area contributed by atoms with Crippen LogP contribution in [0.1, 0.15) is 5.69 Å². The van der Waals surface area contributed by atoms with Gasteiger partial charge < -0.3 is 14.0 Å². The Kier molecular flexibility index (Phi) is 7.87. The highest BCUT2D eigenvalue weighted by Gasteiger charge is 2.36. The second-order valence-electron chi connectivity index (χ2n) is 4.06. The van der Waals surface area contributed by atoms with Crippen LogP contribution in [0.2, 0.25) is 5.02 Å². The van der Waals surface area contributed by atoms with Crippen molar-refractivity contribution < 1.29 is 23.6 Å². The molecule has 0 saturated heterocycles. The van der Waals surface area contributed by atoms with Crippen LogP contribution in [0.5, 0.6) is 0 Å². The summed E-state index contributed by atoms with van der Waals surface area (Å²) in [5.41, 5.74) is 0.194. The summed E-state index contributed by atoms with van der Waals surface area (Å²) in [7, 11) is 0. The molecule has 0 saturated carbocycles. The van der Waals surface area contributed by atoms with Crippen molar-refractivity contribution in [3.05, 3.63) is 10.7 Å². The van der Waals surface area contributed by atoms with Crippen molar-refractivity contribution in [2.24, 2.45) is 0 Å². The van der Waals surface area contributed by atoms with E-state index in [1.807, 2.05) is 0 Å². The van der Waals surface area contributed by atoms with E-state index >= 15 is 0 Å². The van der Waals surface area contributed by atoms with Gasteiger partial charge in [0, 0.05) is 0 Å². The molecule has 1 rings (SSSR count). The third kappa shape index (κ3) is 7.07. The lowest BCUT2D eigenvalue weighted by atomic mass is 10.4. The lowest BCUT2D eigenvalue weighted by molar-refractivity contribution is 0.134. The highest BCUT2D eigenvalue weighted by atomic mass is 35.6. The third-order valence-corrected chi connectivity index (χ3v) is 3.15. The number of aromatic nitrogens is 1. The fraction of sp³-hybridized carbons (Fsp3) is 0.500. The lowest BCUT2D eigenvalue weighted by Gasteiger charge is -2.20. The molecule has 0 aromatic carbocycles. The maximum atomic E-state index is 12.1. The van der Waals surface area contributed by atoms with Gasteiger partial charge in [0.1, 0.15) is 23.9 Å². The first kappa shape index (κ1) is 22.0. The number of halogens is 7. The Balaban J connectivity index is 3.01. The number of rotatable bonds is 3. The van der Waals surface area contributed by atoms with Crippen LogP contribution in [0.3, 0.4) is 0 Å². The second kappa shape index (κ2) is 8.58. The van der Waals surface area contributed by atoms with Gasteiger partial charge in [-0.2, -0.15) is 0 Å². The molecule has 24 heavy (non-hydrogen) atoms. The van der Waals surface area contributed by atoms with Gasteiger partial charge in [-0.05, 0) is 6.92 Å². The first-order chi connectivity index (χ1) is 10.8. The van der Waals surface area contributed by atoms with Crippen molar-refractivity contribution in [1.29, 1.82) is 0 Å². The Labute approximate surface area is 170 Å². The van der Waals surface area contributed by atoms with Crippen molar-refractivity contribution in [3.63, 3.8) is 0 Å². The summed E-state index contributed by atoms with van der Waals surface area (Å²) >= 11 is 38.7. The molecule has 7 nitrogen and oxygen atoms in total. The van der Waals surface area contributed by atoms with E-state index in [4.69, 9.17) is 85.7 Å². The van der Waals surface area contributed by atoms with Crippen LogP contribution in [0.15, 0.2) is 4.52 Å². The van der Waals surface area contributed by atoms with Gasteiger partial charge in [0.05, 0.1) is 0 Å². The number of anilines is 1. The topological polar surface area (TPSA) is 81.9 Å². The standard InChI is InChI=1S/C10H7Cl7N2O5/c1-4-5(11)6(24-18-4)19(7(20)22-2-9(12,13)14)8(21)23-3-10(15,16)17/h2-3H2,1H3. The summed E-state index contributed by atoms with van der Waals surface area (Å²) in [5, 5.41) is 3.35. The molecule has 0 bridgehead atoms. The smallest absolute Gasteiger partial charge is 0.426 e. The van der Waals surface area contributed by atoms with Gasteiger partial charge in [0.15, 0.2) is 0 Å². The zero-order valence-corrected chi connectivity index (χ0v) is 16.8. The monoisotopic (exact) mass is 480 g/mol. The van der Waals surface area contributed by atoms with Gasteiger partial charge in [-0.25, -0.2) is 9.59 Å². The molecular formula is C10H7Cl7N2O5. The van der Waals surface area contributed by atoms with Gasteiger partial charge in [-0.15, -0.1) is 4.90 Å². The Hall–Kier alpha value is -0.0200. The number of imide groups is 1. The van der Waals surface area contributed by atoms with E-state index in [0.29, 0.717) is 0 Å². The highest BCUT2D eigenvalue weighted by Crippen LogP contribution is 2.32. The van der Waals surface area contributed by atoms with Crippen molar-refractivity contribution >= 4 is 99.3 Å². The number of amides is 2. The van der Waals surface area contributed by atoms with Gasteiger partial charge in [-0.3, -0.25) is 0 Å². The molecule has 1 heterocycles. The quantitative estimate of drug-likeness (QED) is 0.532. The Morgan fingerprint density at radius 3 is 1.75 bits per heavy atom. The van der Waals surface area contributed by atoms with Crippen LogP contribution in [-0.2, 0) is 9.47 Å². The highest BCUT2D eigenvalue weighted by molar-refractivity contribution is 6.68. The summed E-state index contributed by atoms with van der Waals surface area (Å²) < 4.78 is 10.4. The Morgan fingerprint density at radius 2 is 1.46 bits per heavy atom. The Bertz CT molecular complexity index is 580. The fourth-order valence-corrected chi connectivity index (χ4v) is 1.62. The van der Waals surface area contributed by atoms with E-state index in [1.54, 1.807) is 0 Å². The minimum absolute atomic E-state index is 0.147. The minimum atomic E-state index is -1.91. The van der Waals surface area contributed by atoms with Gasteiger partial charge in [0.25, 0.3) is 5.88 Å². The van der Waals surface area contributed by atoms with E-state index in [2.05, 4.69) is 14.6 Å². The molecule has 1 aromatic heterocycles. The minimum Gasteiger partial charge on any atom is -0.444 e. The number of aryl methyl sites for hydroxylation is 1. The molecule has 0 aliphatic heterocycles. The summed E-state index contributed by atoms with van der Waals surface area (Å²) in [5.74, 6) is -0.474. The number of hydrogen-bond acceptors (Lipinski definition) is 6. The molecule has 0 atom stereocenters.